The molecule has 6 nitrogen and oxygen atoms in total. The van der Waals surface area contributed by atoms with Crippen molar-refractivity contribution in [3.63, 3.8) is 0 Å². The first-order valence-electron chi connectivity index (χ1n) is 8.71. The Morgan fingerprint density at radius 2 is 1.45 bits per heavy atom. The second kappa shape index (κ2) is 9.38. The zero-order valence-corrected chi connectivity index (χ0v) is 16.1. The Morgan fingerprint density at radius 1 is 0.862 bits per heavy atom. The molecule has 0 aliphatic carbocycles. The first kappa shape index (κ1) is 19.9. The number of hydrogen-bond acceptors (Lipinski definition) is 4. The summed E-state index contributed by atoms with van der Waals surface area (Å²) >= 11 is 5.16. The van der Waals surface area contributed by atoms with Gasteiger partial charge >= 0.3 is 0 Å². The number of anilines is 1. The van der Waals surface area contributed by atoms with Crippen LogP contribution in [0.1, 0.15) is 21.5 Å². The third-order valence-corrected chi connectivity index (χ3v) is 4.21. The average molecular weight is 403 g/mol. The van der Waals surface area contributed by atoms with Crippen LogP contribution in [-0.2, 0) is 0 Å². The largest absolute Gasteiger partial charge is 0.332 e. The number of thiocarbonyl (C=S) groups is 1. The van der Waals surface area contributed by atoms with Crippen LogP contribution in [0.2, 0.25) is 0 Å². The number of carbonyl (C=O) groups is 1. The number of nitrogens with one attached hydrogen (secondary N) is 2. The van der Waals surface area contributed by atoms with E-state index in [0.717, 1.165) is 16.8 Å². The second-order valence-electron chi connectivity index (χ2n) is 6.08. The molecule has 3 rings (SSSR count). The summed E-state index contributed by atoms with van der Waals surface area (Å²) in [5, 5.41) is 16.3. The van der Waals surface area contributed by atoms with Gasteiger partial charge in [0.2, 0.25) is 0 Å². The van der Waals surface area contributed by atoms with Crippen molar-refractivity contribution < 1.29 is 9.72 Å². The molecule has 0 spiro atoms. The third-order valence-electron chi connectivity index (χ3n) is 4.00. The standard InChI is InChI=1S/C22H17N3O3S/c26-21(18-10-14-20(15-11-18)25(27)28)24-22(29)23-19-12-8-17(9-13-19)7-6-16-4-2-1-3-5-16/h1-15H,(H2,23,24,26,29)/b7-6+. The summed E-state index contributed by atoms with van der Waals surface area (Å²) in [4.78, 5) is 22.3. The van der Waals surface area contributed by atoms with Gasteiger partial charge in [-0.15, -0.1) is 0 Å². The first-order valence-corrected chi connectivity index (χ1v) is 9.12. The van der Waals surface area contributed by atoms with E-state index in [2.05, 4.69) is 10.6 Å². The van der Waals surface area contributed by atoms with Gasteiger partial charge in [-0.3, -0.25) is 20.2 Å². The van der Waals surface area contributed by atoms with Crippen molar-refractivity contribution in [2.24, 2.45) is 0 Å². The summed E-state index contributed by atoms with van der Waals surface area (Å²) in [5.74, 6) is -0.445. The van der Waals surface area contributed by atoms with Crippen molar-refractivity contribution in [2.45, 2.75) is 0 Å². The molecule has 3 aromatic carbocycles. The number of rotatable bonds is 5. The van der Waals surface area contributed by atoms with Gasteiger partial charge in [0.1, 0.15) is 0 Å². The van der Waals surface area contributed by atoms with Crippen LogP contribution in [-0.4, -0.2) is 15.9 Å². The minimum absolute atomic E-state index is 0.0799. The number of non-ortho nitro benzene ring substituents is 1. The van der Waals surface area contributed by atoms with Gasteiger partial charge in [-0.1, -0.05) is 54.6 Å². The van der Waals surface area contributed by atoms with Gasteiger partial charge in [-0.25, -0.2) is 0 Å². The van der Waals surface area contributed by atoms with Crippen LogP contribution < -0.4 is 10.6 Å². The van der Waals surface area contributed by atoms with Crippen LogP contribution in [0.5, 0.6) is 0 Å². The molecular formula is C22H17N3O3S. The molecule has 0 bridgehead atoms. The third kappa shape index (κ3) is 5.82. The van der Waals surface area contributed by atoms with Crippen LogP contribution in [0.25, 0.3) is 12.2 Å². The quantitative estimate of drug-likeness (QED) is 0.274. The van der Waals surface area contributed by atoms with E-state index in [-0.39, 0.29) is 16.4 Å². The van der Waals surface area contributed by atoms with Crippen molar-refractivity contribution >= 4 is 46.8 Å². The number of benzene rings is 3. The minimum Gasteiger partial charge on any atom is -0.332 e. The van der Waals surface area contributed by atoms with Gasteiger partial charge in [0, 0.05) is 23.4 Å². The predicted octanol–water partition coefficient (Wildman–Crippen LogP) is 4.89. The highest BCUT2D eigenvalue weighted by atomic mass is 32.1. The number of carbonyl (C=O) groups excluding carboxylic acids is 1. The van der Waals surface area contributed by atoms with Crippen molar-refractivity contribution in [1.29, 1.82) is 0 Å². The molecule has 0 fully saturated rings. The molecule has 0 aromatic heterocycles. The van der Waals surface area contributed by atoms with E-state index in [4.69, 9.17) is 12.2 Å². The maximum atomic E-state index is 12.2. The van der Waals surface area contributed by atoms with Crippen LogP contribution in [0.3, 0.4) is 0 Å². The fourth-order valence-corrected chi connectivity index (χ4v) is 2.72. The molecule has 0 aliphatic heterocycles. The lowest BCUT2D eigenvalue weighted by molar-refractivity contribution is -0.384. The zero-order chi connectivity index (χ0) is 20.6. The maximum absolute atomic E-state index is 12.2. The number of nitro benzene ring substituents is 1. The Kier molecular flexibility index (Phi) is 6.44. The minimum atomic E-state index is -0.521. The van der Waals surface area contributed by atoms with E-state index in [1.807, 2.05) is 66.7 Å². The van der Waals surface area contributed by atoms with Crippen LogP contribution in [0, 0.1) is 10.1 Å². The summed E-state index contributed by atoms with van der Waals surface area (Å²) in [5.41, 5.74) is 3.07. The van der Waals surface area contributed by atoms with Gasteiger partial charge in [-0.2, -0.15) is 0 Å². The number of amides is 1. The van der Waals surface area contributed by atoms with E-state index in [0.29, 0.717) is 0 Å². The fourth-order valence-electron chi connectivity index (χ4n) is 2.51. The SMILES string of the molecule is O=C(NC(=S)Nc1ccc(/C=C/c2ccccc2)cc1)c1ccc([N+](=O)[O-])cc1. The second-order valence-corrected chi connectivity index (χ2v) is 6.49. The molecule has 0 saturated heterocycles. The Balaban J connectivity index is 1.55. The van der Waals surface area contributed by atoms with Crippen LogP contribution in [0.4, 0.5) is 11.4 Å². The Morgan fingerprint density at radius 3 is 2.03 bits per heavy atom. The Labute approximate surface area is 173 Å². The van der Waals surface area contributed by atoms with Gasteiger partial charge < -0.3 is 5.32 Å². The molecule has 0 aliphatic rings. The molecule has 0 atom stereocenters. The molecule has 0 saturated carbocycles. The molecule has 0 heterocycles. The molecule has 7 heteroatoms. The Hall–Kier alpha value is -3.84. The lowest BCUT2D eigenvalue weighted by Gasteiger charge is -2.09. The van der Waals surface area contributed by atoms with Crippen molar-refractivity contribution in [2.75, 3.05) is 5.32 Å². The average Bonchev–Trinajstić information content (AvgIpc) is 2.74. The van der Waals surface area contributed by atoms with E-state index in [1.54, 1.807) is 0 Å². The van der Waals surface area contributed by atoms with E-state index in [1.165, 1.54) is 24.3 Å². The monoisotopic (exact) mass is 403 g/mol. The summed E-state index contributed by atoms with van der Waals surface area (Å²) < 4.78 is 0. The topological polar surface area (TPSA) is 84.3 Å². The first-order chi connectivity index (χ1) is 14.0. The van der Waals surface area contributed by atoms with Crippen LogP contribution >= 0.6 is 12.2 Å². The molecule has 29 heavy (non-hydrogen) atoms. The highest BCUT2D eigenvalue weighted by Crippen LogP contribution is 2.14. The summed E-state index contributed by atoms with van der Waals surface area (Å²) in [7, 11) is 0. The molecule has 144 valence electrons. The molecule has 3 aromatic rings. The van der Waals surface area contributed by atoms with E-state index < -0.39 is 10.8 Å². The van der Waals surface area contributed by atoms with Gasteiger partial charge in [0.25, 0.3) is 11.6 Å². The molecule has 0 radical (unpaired) electrons. The molecule has 0 unspecified atom stereocenters. The normalized spacial score (nSPS) is 10.5. The summed E-state index contributed by atoms with van der Waals surface area (Å²) in [6, 6.07) is 22.9. The zero-order valence-electron chi connectivity index (χ0n) is 15.2. The van der Waals surface area contributed by atoms with Crippen molar-refractivity contribution in [1.82, 2.24) is 5.32 Å². The number of hydrogen-bond donors (Lipinski definition) is 2. The maximum Gasteiger partial charge on any atom is 0.269 e. The molecule has 2 N–H and O–H groups in total. The Bertz CT molecular complexity index is 1050. The van der Waals surface area contributed by atoms with E-state index in [9.17, 15) is 14.9 Å². The lowest BCUT2D eigenvalue weighted by atomic mass is 10.1. The lowest BCUT2D eigenvalue weighted by Crippen LogP contribution is -2.34. The van der Waals surface area contributed by atoms with Crippen molar-refractivity contribution in [3.8, 4) is 0 Å². The van der Waals surface area contributed by atoms with Gasteiger partial charge in [0.15, 0.2) is 5.11 Å². The molecule has 1 amide bonds. The number of nitro groups is 1. The van der Waals surface area contributed by atoms with Gasteiger partial charge in [-0.05, 0) is 47.6 Å². The van der Waals surface area contributed by atoms with E-state index >= 15 is 0 Å². The van der Waals surface area contributed by atoms with Gasteiger partial charge in [0.05, 0.1) is 4.92 Å². The highest BCUT2D eigenvalue weighted by Gasteiger charge is 2.10. The van der Waals surface area contributed by atoms with Crippen molar-refractivity contribution in [3.05, 3.63) is 106 Å². The number of nitrogens with zero attached hydrogens (tertiary/aromatic N) is 1. The predicted molar refractivity (Wildman–Crippen MR) is 119 cm³/mol. The smallest absolute Gasteiger partial charge is 0.269 e. The fraction of sp³-hybridized carbons (Fsp3) is 0. The summed E-state index contributed by atoms with van der Waals surface area (Å²) in [6.45, 7) is 0. The van der Waals surface area contributed by atoms with Crippen LogP contribution in [0.15, 0.2) is 78.9 Å². The summed E-state index contributed by atoms with van der Waals surface area (Å²) in [6.07, 6.45) is 4.03. The highest BCUT2D eigenvalue weighted by molar-refractivity contribution is 7.80. The molecular weight excluding hydrogens is 386 g/mol.